The zero-order valence-electron chi connectivity index (χ0n) is 12.6. The second-order valence-electron chi connectivity index (χ2n) is 5.17. The minimum absolute atomic E-state index is 0. The van der Waals surface area contributed by atoms with Crippen molar-refractivity contribution in [2.24, 2.45) is 0 Å². The quantitative estimate of drug-likeness (QED) is 0.686. The summed E-state index contributed by atoms with van der Waals surface area (Å²) in [5, 5.41) is 15.8. The predicted molar refractivity (Wildman–Crippen MR) is 89.9 cm³/mol. The highest BCUT2D eigenvalue weighted by atomic mass is 35.5. The van der Waals surface area contributed by atoms with Gasteiger partial charge in [0.25, 0.3) is 5.91 Å². The molecule has 0 atom stereocenters. The molecule has 7 nitrogen and oxygen atoms in total. The lowest BCUT2D eigenvalue weighted by molar-refractivity contribution is -0.114. The normalized spacial score (nSPS) is 12.7. The van der Waals surface area contributed by atoms with E-state index in [2.05, 4.69) is 26.1 Å². The smallest absolute Gasteiger partial charge is 0.276 e. The molecule has 0 bridgehead atoms. The standard InChI is InChI=1S/C15H17N5O2.ClH/c1-9(21)17-10-2-4-11(5-3-10)18-15(22)14-12-8-16-7-6-13(12)19-20-14;/h2-5,16H,6-8H2,1H3,(H,17,21)(H,18,22)(H,19,20);1H. The molecule has 1 aliphatic heterocycles. The topological polar surface area (TPSA) is 98.9 Å². The van der Waals surface area contributed by atoms with Crippen LogP contribution in [0.25, 0.3) is 0 Å². The molecule has 122 valence electrons. The van der Waals surface area contributed by atoms with Crippen LogP contribution in [0.1, 0.15) is 28.7 Å². The molecule has 23 heavy (non-hydrogen) atoms. The highest BCUT2D eigenvalue weighted by molar-refractivity contribution is 6.04. The van der Waals surface area contributed by atoms with Crippen molar-refractivity contribution in [3.8, 4) is 0 Å². The van der Waals surface area contributed by atoms with Crippen molar-refractivity contribution in [3.63, 3.8) is 0 Å². The lowest BCUT2D eigenvalue weighted by atomic mass is 10.1. The van der Waals surface area contributed by atoms with Crippen LogP contribution in [0.15, 0.2) is 24.3 Å². The first-order valence-electron chi connectivity index (χ1n) is 7.09. The highest BCUT2D eigenvalue weighted by Crippen LogP contribution is 2.18. The summed E-state index contributed by atoms with van der Waals surface area (Å²) in [7, 11) is 0. The van der Waals surface area contributed by atoms with Crippen LogP contribution in [0.5, 0.6) is 0 Å². The monoisotopic (exact) mass is 335 g/mol. The molecule has 0 saturated carbocycles. The molecule has 0 aliphatic carbocycles. The summed E-state index contributed by atoms with van der Waals surface area (Å²) in [6.45, 7) is 2.99. The number of aromatic amines is 1. The Bertz CT molecular complexity index is 711. The molecule has 0 fully saturated rings. The molecule has 4 N–H and O–H groups in total. The Morgan fingerprint density at radius 2 is 1.78 bits per heavy atom. The van der Waals surface area contributed by atoms with Crippen LogP contribution in [-0.2, 0) is 17.8 Å². The summed E-state index contributed by atoms with van der Waals surface area (Å²) in [4.78, 5) is 23.3. The van der Waals surface area contributed by atoms with E-state index in [-0.39, 0.29) is 24.2 Å². The molecule has 3 rings (SSSR count). The number of aromatic nitrogens is 2. The molecule has 2 heterocycles. The lowest BCUT2D eigenvalue weighted by Gasteiger charge is -2.13. The number of halogens is 1. The molecule has 0 radical (unpaired) electrons. The molecular weight excluding hydrogens is 318 g/mol. The van der Waals surface area contributed by atoms with Gasteiger partial charge in [-0.05, 0) is 24.3 Å². The maximum Gasteiger partial charge on any atom is 0.276 e. The zero-order chi connectivity index (χ0) is 15.5. The van der Waals surface area contributed by atoms with Crippen molar-refractivity contribution in [1.82, 2.24) is 15.5 Å². The number of benzene rings is 1. The van der Waals surface area contributed by atoms with Gasteiger partial charge in [0.05, 0.1) is 0 Å². The largest absolute Gasteiger partial charge is 0.326 e. The molecule has 1 aliphatic rings. The van der Waals surface area contributed by atoms with E-state index in [1.165, 1.54) is 6.92 Å². The number of carbonyl (C=O) groups excluding carboxylic acids is 2. The van der Waals surface area contributed by atoms with E-state index in [9.17, 15) is 9.59 Å². The van der Waals surface area contributed by atoms with E-state index in [0.29, 0.717) is 23.6 Å². The van der Waals surface area contributed by atoms with Crippen molar-refractivity contribution in [2.45, 2.75) is 19.9 Å². The van der Waals surface area contributed by atoms with Gasteiger partial charge in [0, 0.05) is 49.1 Å². The fourth-order valence-electron chi connectivity index (χ4n) is 2.44. The number of H-pyrrole nitrogens is 1. The van der Waals surface area contributed by atoms with Crippen LogP contribution in [0.3, 0.4) is 0 Å². The molecule has 2 aromatic rings. The number of hydrogen-bond acceptors (Lipinski definition) is 4. The van der Waals surface area contributed by atoms with Crippen LogP contribution in [0, 0.1) is 0 Å². The highest BCUT2D eigenvalue weighted by Gasteiger charge is 2.21. The molecule has 0 unspecified atom stereocenters. The number of anilines is 2. The third-order valence-corrected chi connectivity index (χ3v) is 3.48. The van der Waals surface area contributed by atoms with E-state index in [1.54, 1.807) is 24.3 Å². The third-order valence-electron chi connectivity index (χ3n) is 3.48. The number of carbonyl (C=O) groups is 2. The molecule has 2 amide bonds. The average molecular weight is 336 g/mol. The Labute approximate surface area is 139 Å². The van der Waals surface area contributed by atoms with E-state index in [4.69, 9.17) is 0 Å². The summed E-state index contributed by atoms with van der Waals surface area (Å²) in [6.07, 6.45) is 0.848. The molecule has 1 aromatic carbocycles. The first-order valence-corrected chi connectivity index (χ1v) is 7.09. The Morgan fingerprint density at radius 3 is 2.43 bits per heavy atom. The van der Waals surface area contributed by atoms with Crippen LogP contribution < -0.4 is 16.0 Å². The first kappa shape index (κ1) is 17.0. The van der Waals surface area contributed by atoms with Gasteiger partial charge in [0.15, 0.2) is 5.69 Å². The maximum atomic E-state index is 12.3. The Morgan fingerprint density at radius 1 is 1.13 bits per heavy atom. The van der Waals surface area contributed by atoms with Gasteiger partial charge in [-0.3, -0.25) is 14.7 Å². The number of nitrogens with one attached hydrogen (secondary N) is 4. The maximum absolute atomic E-state index is 12.3. The fraction of sp³-hybridized carbons (Fsp3) is 0.267. The summed E-state index contributed by atoms with van der Waals surface area (Å²) in [6, 6.07) is 6.94. The van der Waals surface area contributed by atoms with Gasteiger partial charge in [-0.1, -0.05) is 0 Å². The molecule has 1 aromatic heterocycles. The van der Waals surface area contributed by atoms with Crippen molar-refractivity contribution < 1.29 is 9.59 Å². The number of hydrogen-bond donors (Lipinski definition) is 4. The SMILES string of the molecule is CC(=O)Nc1ccc(NC(=O)c2n[nH]c3c2CNCC3)cc1.Cl. The number of fused-ring (bicyclic) bond motifs is 1. The van der Waals surface area contributed by atoms with Gasteiger partial charge in [-0.15, -0.1) is 12.4 Å². The summed E-state index contributed by atoms with van der Waals surface area (Å²) in [5.41, 5.74) is 3.71. The summed E-state index contributed by atoms with van der Waals surface area (Å²) in [5.74, 6) is -0.374. The molecular formula is C15H18ClN5O2. The number of amides is 2. The van der Waals surface area contributed by atoms with Gasteiger partial charge >= 0.3 is 0 Å². The van der Waals surface area contributed by atoms with Gasteiger partial charge in [-0.2, -0.15) is 5.10 Å². The minimum atomic E-state index is -0.242. The Kier molecular flexibility index (Phi) is 5.36. The van der Waals surface area contributed by atoms with Crippen LogP contribution >= 0.6 is 12.4 Å². The van der Waals surface area contributed by atoms with Crippen LogP contribution in [-0.4, -0.2) is 28.6 Å². The van der Waals surface area contributed by atoms with E-state index in [0.717, 1.165) is 24.2 Å². The molecule has 8 heteroatoms. The van der Waals surface area contributed by atoms with Crippen LogP contribution in [0.4, 0.5) is 11.4 Å². The summed E-state index contributed by atoms with van der Waals surface area (Å²) >= 11 is 0. The van der Waals surface area contributed by atoms with Crippen molar-refractivity contribution in [2.75, 3.05) is 17.2 Å². The van der Waals surface area contributed by atoms with Gasteiger partial charge in [0.2, 0.25) is 5.91 Å². The summed E-state index contributed by atoms with van der Waals surface area (Å²) < 4.78 is 0. The van der Waals surface area contributed by atoms with Gasteiger partial charge in [0.1, 0.15) is 0 Å². The van der Waals surface area contributed by atoms with E-state index < -0.39 is 0 Å². The minimum Gasteiger partial charge on any atom is -0.326 e. The average Bonchev–Trinajstić information content (AvgIpc) is 2.93. The second kappa shape index (κ2) is 7.26. The Hall–Kier alpha value is -2.38. The van der Waals surface area contributed by atoms with Gasteiger partial charge < -0.3 is 16.0 Å². The number of rotatable bonds is 3. The predicted octanol–water partition coefficient (Wildman–Crippen LogP) is 1.69. The van der Waals surface area contributed by atoms with Crippen molar-refractivity contribution >= 4 is 35.6 Å². The lowest BCUT2D eigenvalue weighted by Crippen LogP contribution is -2.25. The van der Waals surface area contributed by atoms with Gasteiger partial charge in [-0.25, -0.2) is 0 Å². The first-order chi connectivity index (χ1) is 10.6. The number of nitrogens with zero attached hydrogens (tertiary/aromatic N) is 1. The fourth-order valence-corrected chi connectivity index (χ4v) is 2.44. The molecule has 0 saturated heterocycles. The van der Waals surface area contributed by atoms with E-state index in [1.807, 2.05) is 0 Å². The molecule has 0 spiro atoms. The zero-order valence-corrected chi connectivity index (χ0v) is 13.4. The van der Waals surface area contributed by atoms with E-state index >= 15 is 0 Å². The van der Waals surface area contributed by atoms with Crippen LogP contribution in [0.2, 0.25) is 0 Å². The van der Waals surface area contributed by atoms with Crippen molar-refractivity contribution in [3.05, 3.63) is 41.2 Å². The second-order valence-corrected chi connectivity index (χ2v) is 5.17. The third kappa shape index (κ3) is 3.88. The van der Waals surface area contributed by atoms with Crippen molar-refractivity contribution in [1.29, 1.82) is 0 Å². The Balaban J connectivity index is 0.00000192.